The van der Waals surface area contributed by atoms with Gasteiger partial charge in [-0.15, -0.1) is 0 Å². The molecule has 0 saturated heterocycles. The fraction of sp³-hybridized carbons (Fsp3) is 0.273. The summed E-state index contributed by atoms with van der Waals surface area (Å²) in [6.07, 6.45) is 4.37. The van der Waals surface area contributed by atoms with Gasteiger partial charge in [-0.1, -0.05) is 65.1 Å². The number of hydrogen-bond acceptors (Lipinski definition) is 0. The van der Waals surface area contributed by atoms with Crippen LogP contribution in [0.2, 0.25) is 0 Å². The molecule has 1 heteroatoms. The van der Waals surface area contributed by atoms with Gasteiger partial charge in [-0.25, -0.2) is 0 Å². The Bertz CT molecular complexity index is 254. The molecule has 0 saturated carbocycles. The first-order valence-corrected chi connectivity index (χ1v) is 5.09. The molecule has 1 aromatic rings. The van der Waals surface area contributed by atoms with Crippen LogP contribution in [0.1, 0.15) is 19.4 Å². The van der Waals surface area contributed by atoms with Gasteiger partial charge in [-0.3, -0.25) is 0 Å². The second kappa shape index (κ2) is 4.08. The van der Waals surface area contributed by atoms with E-state index in [0.717, 1.165) is 0 Å². The van der Waals surface area contributed by atoms with Crippen LogP contribution in [0, 0.1) is 0 Å². The van der Waals surface area contributed by atoms with Crippen LogP contribution in [0.25, 0.3) is 6.08 Å². The standard InChI is InChI=1S/C11H13I/c1-11(2,12)9-8-10-6-4-3-5-7-10/h3-9H,1-2H3/b9-8+. The van der Waals surface area contributed by atoms with E-state index in [9.17, 15) is 0 Å². The highest BCUT2D eigenvalue weighted by molar-refractivity contribution is 14.1. The zero-order chi connectivity index (χ0) is 9.03. The Morgan fingerprint density at radius 1 is 1.17 bits per heavy atom. The van der Waals surface area contributed by atoms with Crippen LogP contribution in [0.3, 0.4) is 0 Å². The van der Waals surface area contributed by atoms with E-state index in [1.54, 1.807) is 0 Å². The topological polar surface area (TPSA) is 0 Å². The lowest BCUT2D eigenvalue weighted by Gasteiger charge is -2.08. The van der Waals surface area contributed by atoms with Crippen molar-refractivity contribution in [2.75, 3.05) is 0 Å². The summed E-state index contributed by atoms with van der Waals surface area (Å²) in [6, 6.07) is 10.4. The Hall–Kier alpha value is -0.310. The summed E-state index contributed by atoms with van der Waals surface area (Å²) < 4.78 is 0.244. The van der Waals surface area contributed by atoms with E-state index in [2.05, 4.69) is 72.9 Å². The molecule has 0 N–H and O–H groups in total. The molecule has 1 rings (SSSR count). The van der Waals surface area contributed by atoms with Crippen molar-refractivity contribution in [2.24, 2.45) is 0 Å². The Kier molecular flexibility index (Phi) is 3.32. The van der Waals surface area contributed by atoms with E-state index in [1.165, 1.54) is 5.56 Å². The Balaban J connectivity index is 2.71. The SMILES string of the molecule is CC(C)(I)/C=C/c1ccccc1. The van der Waals surface area contributed by atoms with Crippen molar-refractivity contribution >= 4 is 28.7 Å². The van der Waals surface area contributed by atoms with Crippen LogP contribution in [0.4, 0.5) is 0 Å². The average molecular weight is 272 g/mol. The first kappa shape index (κ1) is 9.78. The van der Waals surface area contributed by atoms with E-state index in [-0.39, 0.29) is 3.42 Å². The zero-order valence-electron chi connectivity index (χ0n) is 7.42. The molecule has 0 bridgehead atoms. The molecule has 0 aliphatic heterocycles. The van der Waals surface area contributed by atoms with Crippen LogP contribution in [-0.2, 0) is 0 Å². The van der Waals surface area contributed by atoms with E-state index in [4.69, 9.17) is 0 Å². The third-order valence-corrected chi connectivity index (χ3v) is 1.83. The maximum Gasteiger partial charge on any atom is 0.0347 e. The predicted octanol–water partition coefficient (Wildman–Crippen LogP) is 3.91. The van der Waals surface area contributed by atoms with Crippen molar-refractivity contribution in [3.8, 4) is 0 Å². The first-order chi connectivity index (χ1) is 5.58. The average Bonchev–Trinajstić information content (AvgIpc) is 2.02. The molecule has 0 aromatic heterocycles. The van der Waals surface area contributed by atoms with Crippen molar-refractivity contribution in [1.82, 2.24) is 0 Å². The maximum atomic E-state index is 2.42. The van der Waals surface area contributed by atoms with Gasteiger partial charge in [0.25, 0.3) is 0 Å². The smallest absolute Gasteiger partial charge is 0.0347 e. The first-order valence-electron chi connectivity index (χ1n) is 4.01. The molecule has 0 atom stereocenters. The van der Waals surface area contributed by atoms with Gasteiger partial charge in [-0.2, -0.15) is 0 Å². The Morgan fingerprint density at radius 2 is 1.75 bits per heavy atom. The molecule has 0 aliphatic rings. The summed E-state index contributed by atoms with van der Waals surface area (Å²) in [5, 5.41) is 0. The Morgan fingerprint density at radius 3 is 2.25 bits per heavy atom. The van der Waals surface area contributed by atoms with Gasteiger partial charge < -0.3 is 0 Å². The normalized spacial score (nSPS) is 12.2. The van der Waals surface area contributed by atoms with E-state index < -0.39 is 0 Å². The van der Waals surface area contributed by atoms with Crippen LogP contribution in [-0.4, -0.2) is 3.42 Å². The minimum Gasteiger partial charge on any atom is -0.0749 e. The lowest BCUT2D eigenvalue weighted by Crippen LogP contribution is -2.01. The molecule has 1 aromatic carbocycles. The van der Waals surface area contributed by atoms with Crippen molar-refractivity contribution in [3.63, 3.8) is 0 Å². The van der Waals surface area contributed by atoms with Crippen molar-refractivity contribution in [3.05, 3.63) is 42.0 Å². The number of hydrogen-bond donors (Lipinski definition) is 0. The molecule has 0 radical (unpaired) electrons. The van der Waals surface area contributed by atoms with Gasteiger partial charge in [0.15, 0.2) is 0 Å². The van der Waals surface area contributed by atoms with Crippen LogP contribution in [0.15, 0.2) is 36.4 Å². The van der Waals surface area contributed by atoms with Gasteiger partial charge in [0.05, 0.1) is 0 Å². The summed E-state index contributed by atoms with van der Waals surface area (Å²) in [4.78, 5) is 0. The quantitative estimate of drug-likeness (QED) is 0.565. The minimum absolute atomic E-state index is 0.244. The molecule has 64 valence electrons. The van der Waals surface area contributed by atoms with E-state index >= 15 is 0 Å². The highest BCUT2D eigenvalue weighted by atomic mass is 127. The summed E-state index contributed by atoms with van der Waals surface area (Å²) in [6.45, 7) is 4.38. The fourth-order valence-corrected chi connectivity index (χ4v) is 1.04. The summed E-state index contributed by atoms with van der Waals surface area (Å²) in [5.74, 6) is 0. The highest BCUT2D eigenvalue weighted by Crippen LogP contribution is 2.19. The van der Waals surface area contributed by atoms with Gasteiger partial charge in [0.2, 0.25) is 0 Å². The molecule has 0 unspecified atom stereocenters. The number of halogens is 1. The van der Waals surface area contributed by atoms with E-state index in [0.29, 0.717) is 0 Å². The van der Waals surface area contributed by atoms with Gasteiger partial charge in [-0.05, 0) is 19.4 Å². The van der Waals surface area contributed by atoms with Gasteiger partial charge >= 0.3 is 0 Å². The van der Waals surface area contributed by atoms with Crippen LogP contribution < -0.4 is 0 Å². The van der Waals surface area contributed by atoms with E-state index in [1.807, 2.05) is 6.07 Å². The second-order valence-electron chi connectivity index (χ2n) is 3.31. The molecule has 12 heavy (non-hydrogen) atoms. The van der Waals surface area contributed by atoms with Gasteiger partial charge in [0, 0.05) is 3.42 Å². The summed E-state index contributed by atoms with van der Waals surface area (Å²) in [7, 11) is 0. The number of allylic oxidation sites excluding steroid dienone is 1. The number of alkyl halides is 1. The minimum atomic E-state index is 0.244. The molecule has 0 heterocycles. The lowest BCUT2D eigenvalue weighted by atomic mass is 10.1. The second-order valence-corrected chi connectivity index (χ2v) is 6.09. The van der Waals surface area contributed by atoms with Crippen molar-refractivity contribution in [1.29, 1.82) is 0 Å². The third-order valence-electron chi connectivity index (χ3n) is 1.47. The molecule has 0 nitrogen and oxygen atoms in total. The van der Waals surface area contributed by atoms with Crippen molar-refractivity contribution < 1.29 is 0 Å². The zero-order valence-corrected chi connectivity index (χ0v) is 9.58. The molecule has 0 amide bonds. The molecular formula is C11H13I. The fourth-order valence-electron chi connectivity index (χ4n) is 0.859. The predicted molar refractivity (Wildman–Crippen MR) is 63.6 cm³/mol. The number of rotatable bonds is 2. The molecule has 0 spiro atoms. The molecule has 0 fully saturated rings. The molecule has 0 aliphatic carbocycles. The monoisotopic (exact) mass is 272 g/mol. The highest BCUT2D eigenvalue weighted by Gasteiger charge is 2.05. The van der Waals surface area contributed by atoms with Gasteiger partial charge in [0.1, 0.15) is 0 Å². The molecular weight excluding hydrogens is 259 g/mol. The van der Waals surface area contributed by atoms with Crippen molar-refractivity contribution in [2.45, 2.75) is 17.3 Å². The Labute approximate surface area is 87.8 Å². The lowest BCUT2D eigenvalue weighted by molar-refractivity contribution is 0.950. The largest absolute Gasteiger partial charge is 0.0749 e. The number of benzene rings is 1. The van der Waals surface area contributed by atoms with Crippen LogP contribution in [0.5, 0.6) is 0 Å². The third kappa shape index (κ3) is 3.90. The summed E-state index contributed by atoms with van der Waals surface area (Å²) >= 11 is 2.42. The maximum absolute atomic E-state index is 2.42. The van der Waals surface area contributed by atoms with Crippen LogP contribution >= 0.6 is 22.6 Å². The summed E-state index contributed by atoms with van der Waals surface area (Å²) in [5.41, 5.74) is 1.27.